The zero-order valence-electron chi connectivity index (χ0n) is 20.1. The van der Waals surface area contributed by atoms with Crippen LogP contribution in [0.1, 0.15) is 41.6 Å². The Balaban J connectivity index is 1.29. The number of benzene rings is 2. The summed E-state index contributed by atoms with van der Waals surface area (Å²) in [7, 11) is 0. The maximum atomic E-state index is 13.0. The molecule has 6 rings (SSSR count). The Morgan fingerprint density at radius 2 is 1.51 bits per heavy atom. The highest BCUT2D eigenvalue weighted by Gasteiger charge is 2.30. The second kappa shape index (κ2) is 9.56. The smallest absolute Gasteiger partial charge is 0.322 e. The van der Waals surface area contributed by atoms with E-state index in [1.165, 1.54) is 30.4 Å². The van der Waals surface area contributed by atoms with Crippen LogP contribution in [0.25, 0.3) is 0 Å². The number of rotatable bonds is 3. The molecular weight excluding hydrogens is 436 g/mol. The van der Waals surface area contributed by atoms with E-state index in [1.807, 2.05) is 35.2 Å². The van der Waals surface area contributed by atoms with Gasteiger partial charge in [-0.1, -0.05) is 42.5 Å². The van der Waals surface area contributed by atoms with Gasteiger partial charge in [0.1, 0.15) is 5.82 Å². The van der Waals surface area contributed by atoms with Crippen molar-refractivity contribution in [3.63, 3.8) is 0 Å². The maximum absolute atomic E-state index is 13.0. The molecule has 2 aromatic carbocycles. The molecule has 3 aromatic rings. The number of urea groups is 1. The number of carbonyl (C=O) groups is 1. The molecular formula is C28H32N6O. The first-order chi connectivity index (χ1) is 17.2. The second-order valence-electron chi connectivity index (χ2n) is 9.73. The second-order valence-corrected chi connectivity index (χ2v) is 9.73. The van der Waals surface area contributed by atoms with Crippen LogP contribution >= 0.6 is 0 Å². The topological polar surface area (TPSA) is 64.6 Å². The zero-order valence-corrected chi connectivity index (χ0v) is 20.1. The van der Waals surface area contributed by atoms with Crippen LogP contribution in [0.3, 0.4) is 0 Å². The van der Waals surface area contributed by atoms with Crippen molar-refractivity contribution in [3.8, 4) is 0 Å². The number of para-hydroxylation sites is 1. The molecule has 7 nitrogen and oxygen atoms in total. The van der Waals surface area contributed by atoms with Gasteiger partial charge < -0.3 is 20.0 Å². The third-order valence-corrected chi connectivity index (χ3v) is 7.41. The SMILES string of the molecule is O=C(Nc1ccccc1)N1CCc2nc(N3CCc4ccccc4C3)nc(N3CCCCC3)c2C1. The van der Waals surface area contributed by atoms with E-state index in [2.05, 4.69) is 39.4 Å². The van der Waals surface area contributed by atoms with E-state index in [0.717, 1.165) is 67.7 Å². The summed E-state index contributed by atoms with van der Waals surface area (Å²) >= 11 is 0. The van der Waals surface area contributed by atoms with Crippen molar-refractivity contribution in [1.29, 1.82) is 0 Å². The van der Waals surface area contributed by atoms with E-state index in [-0.39, 0.29) is 6.03 Å². The summed E-state index contributed by atoms with van der Waals surface area (Å²) in [6.45, 7) is 5.01. The molecule has 0 atom stereocenters. The minimum atomic E-state index is -0.0665. The number of amides is 2. The highest BCUT2D eigenvalue weighted by Crippen LogP contribution is 2.32. The molecule has 3 aliphatic heterocycles. The molecule has 0 bridgehead atoms. The lowest BCUT2D eigenvalue weighted by molar-refractivity contribution is 0.206. The van der Waals surface area contributed by atoms with Crippen LogP contribution in [-0.2, 0) is 25.9 Å². The van der Waals surface area contributed by atoms with Crippen LogP contribution in [0.2, 0.25) is 0 Å². The van der Waals surface area contributed by atoms with E-state index in [4.69, 9.17) is 9.97 Å². The molecule has 1 fully saturated rings. The molecule has 1 saturated heterocycles. The minimum Gasteiger partial charge on any atom is -0.356 e. The number of aromatic nitrogens is 2. The molecule has 1 aromatic heterocycles. The van der Waals surface area contributed by atoms with Crippen LogP contribution in [-0.4, -0.2) is 47.1 Å². The lowest BCUT2D eigenvalue weighted by Crippen LogP contribution is -2.41. The summed E-state index contributed by atoms with van der Waals surface area (Å²) in [6, 6.07) is 18.3. The monoisotopic (exact) mass is 468 g/mol. The van der Waals surface area contributed by atoms with Crippen molar-refractivity contribution in [2.24, 2.45) is 0 Å². The number of hydrogen-bond donors (Lipinski definition) is 1. The van der Waals surface area contributed by atoms with Gasteiger partial charge in [0, 0.05) is 50.4 Å². The largest absolute Gasteiger partial charge is 0.356 e. The number of hydrogen-bond acceptors (Lipinski definition) is 5. The molecule has 0 aliphatic carbocycles. The van der Waals surface area contributed by atoms with Crippen molar-refractivity contribution in [2.75, 3.05) is 41.3 Å². The summed E-state index contributed by atoms with van der Waals surface area (Å²) < 4.78 is 0. The van der Waals surface area contributed by atoms with Crippen LogP contribution in [0.5, 0.6) is 0 Å². The third kappa shape index (κ3) is 4.55. The van der Waals surface area contributed by atoms with Gasteiger partial charge in [0.05, 0.1) is 12.2 Å². The van der Waals surface area contributed by atoms with Crippen LogP contribution < -0.4 is 15.1 Å². The summed E-state index contributed by atoms with van der Waals surface area (Å²) in [5, 5.41) is 3.04. The number of anilines is 3. The summed E-state index contributed by atoms with van der Waals surface area (Å²) in [5.74, 6) is 1.86. The first-order valence-corrected chi connectivity index (χ1v) is 12.8. The molecule has 35 heavy (non-hydrogen) atoms. The Kier molecular flexibility index (Phi) is 5.98. The van der Waals surface area contributed by atoms with Gasteiger partial charge in [0.25, 0.3) is 0 Å². The first-order valence-electron chi connectivity index (χ1n) is 12.8. The molecule has 0 saturated carbocycles. The van der Waals surface area contributed by atoms with Gasteiger partial charge in [-0.15, -0.1) is 0 Å². The molecule has 7 heteroatoms. The number of carbonyl (C=O) groups excluding carboxylic acids is 1. The number of fused-ring (bicyclic) bond motifs is 2. The normalized spacial score (nSPS) is 17.5. The highest BCUT2D eigenvalue weighted by atomic mass is 16.2. The van der Waals surface area contributed by atoms with E-state index < -0.39 is 0 Å². The van der Waals surface area contributed by atoms with Gasteiger partial charge in [0.2, 0.25) is 5.95 Å². The van der Waals surface area contributed by atoms with Crippen molar-refractivity contribution < 1.29 is 4.79 Å². The fraction of sp³-hybridized carbons (Fsp3) is 0.393. The van der Waals surface area contributed by atoms with E-state index in [9.17, 15) is 4.79 Å². The fourth-order valence-corrected chi connectivity index (χ4v) is 5.46. The van der Waals surface area contributed by atoms with Gasteiger partial charge in [-0.05, 0) is 48.9 Å². The predicted molar refractivity (Wildman–Crippen MR) is 139 cm³/mol. The van der Waals surface area contributed by atoms with Gasteiger partial charge >= 0.3 is 6.03 Å². The lowest BCUT2D eigenvalue weighted by atomic mass is 10.00. The standard InChI is InChI=1S/C28H32N6O/c35-28(29-23-11-3-1-4-12-23)34-18-14-25-24(20-34)26(32-15-7-2-8-16-32)31-27(30-25)33-17-13-21-9-5-6-10-22(21)19-33/h1,3-6,9-12H,2,7-8,13-20H2,(H,29,35). The molecule has 0 spiro atoms. The molecule has 0 unspecified atom stereocenters. The number of nitrogens with one attached hydrogen (secondary N) is 1. The van der Waals surface area contributed by atoms with Crippen molar-refractivity contribution in [3.05, 3.63) is 77.0 Å². The molecule has 2 amide bonds. The van der Waals surface area contributed by atoms with Crippen molar-refractivity contribution in [1.82, 2.24) is 14.9 Å². The quantitative estimate of drug-likeness (QED) is 0.608. The number of nitrogens with zero attached hydrogens (tertiary/aromatic N) is 5. The molecule has 1 N–H and O–H groups in total. The van der Waals surface area contributed by atoms with Crippen LogP contribution in [0.15, 0.2) is 54.6 Å². The molecule has 180 valence electrons. The Morgan fingerprint density at radius 1 is 0.743 bits per heavy atom. The Hall–Kier alpha value is -3.61. The van der Waals surface area contributed by atoms with Crippen LogP contribution in [0.4, 0.5) is 22.2 Å². The average molecular weight is 469 g/mol. The molecule has 3 aliphatic rings. The van der Waals surface area contributed by atoms with Crippen molar-refractivity contribution >= 4 is 23.5 Å². The van der Waals surface area contributed by atoms with Gasteiger partial charge in [0.15, 0.2) is 0 Å². The fourth-order valence-electron chi connectivity index (χ4n) is 5.46. The van der Waals surface area contributed by atoms with Gasteiger partial charge in [-0.2, -0.15) is 4.98 Å². The molecule has 4 heterocycles. The van der Waals surface area contributed by atoms with Crippen molar-refractivity contribution in [2.45, 2.75) is 45.2 Å². The number of piperidine rings is 1. The third-order valence-electron chi connectivity index (χ3n) is 7.41. The lowest BCUT2D eigenvalue weighted by Gasteiger charge is -2.36. The van der Waals surface area contributed by atoms with Gasteiger partial charge in [-0.25, -0.2) is 9.78 Å². The average Bonchev–Trinajstić information content (AvgIpc) is 2.93. The Morgan fingerprint density at radius 3 is 2.34 bits per heavy atom. The zero-order chi connectivity index (χ0) is 23.6. The van der Waals surface area contributed by atoms with E-state index in [1.54, 1.807) is 0 Å². The maximum Gasteiger partial charge on any atom is 0.322 e. The first kappa shape index (κ1) is 21.9. The van der Waals surface area contributed by atoms with E-state index in [0.29, 0.717) is 13.1 Å². The predicted octanol–water partition coefficient (Wildman–Crippen LogP) is 4.62. The summed E-state index contributed by atoms with van der Waals surface area (Å²) in [6.07, 6.45) is 5.40. The summed E-state index contributed by atoms with van der Waals surface area (Å²) in [5.41, 5.74) is 5.82. The highest BCUT2D eigenvalue weighted by molar-refractivity contribution is 5.89. The Bertz CT molecular complexity index is 1210. The van der Waals surface area contributed by atoms with Gasteiger partial charge in [-0.3, -0.25) is 0 Å². The molecule has 0 radical (unpaired) electrons. The Labute approximate surface area is 206 Å². The summed E-state index contributed by atoms with van der Waals surface area (Å²) in [4.78, 5) is 29.9. The van der Waals surface area contributed by atoms with Crippen LogP contribution in [0, 0.1) is 0 Å². The minimum absolute atomic E-state index is 0.0665. The van der Waals surface area contributed by atoms with E-state index >= 15 is 0 Å².